The predicted molar refractivity (Wildman–Crippen MR) is 60.8 cm³/mol. The number of esters is 1. The molecule has 1 aliphatic heterocycles. The third-order valence-electron chi connectivity index (χ3n) is 1.83. The predicted octanol–water partition coefficient (Wildman–Crippen LogP) is -0.931. The van der Waals surface area contributed by atoms with Crippen molar-refractivity contribution in [3.8, 4) is 0 Å². The molecule has 1 rings (SSSR count). The van der Waals surface area contributed by atoms with Gasteiger partial charge in [0.05, 0.1) is 19.4 Å². The average Bonchev–Trinajstić information content (AvgIpc) is 2.21. The summed E-state index contributed by atoms with van der Waals surface area (Å²) in [5.41, 5.74) is 10.3. The molecule has 88 valence electrons. The van der Waals surface area contributed by atoms with E-state index in [1.54, 1.807) is 0 Å². The fourth-order valence-electron chi connectivity index (χ4n) is 1.06. The van der Waals surface area contributed by atoms with Crippen LogP contribution < -0.4 is 11.5 Å². The Hall–Kier alpha value is -1.57. The molecule has 0 unspecified atom stereocenters. The summed E-state index contributed by atoms with van der Waals surface area (Å²) in [6.07, 6.45) is 0.0287. The van der Waals surface area contributed by atoms with Gasteiger partial charge in [0.15, 0.2) is 11.1 Å². The van der Waals surface area contributed by atoms with Crippen LogP contribution in [0.5, 0.6) is 0 Å². The molecule has 1 amide bonds. The Bertz CT molecular complexity index is 362. The zero-order chi connectivity index (χ0) is 12.1. The molecule has 1 atom stereocenters. The van der Waals surface area contributed by atoms with Gasteiger partial charge in [-0.1, -0.05) is 11.8 Å². The summed E-state index contributed by atoms with van der Waals surface area (Å²) in [7, 11) is 1.27. The number of ether oxygens (including phenoxy) is 1. The second-order valence-corrected chi connectivity index (χ2v) is 4.04. The first kappa shape index (κ1) is 12.5. The Kier molecular flexibility index (Phi) is 4.29. The fraction of sp³-hybridized carbons (Fsp3) is 0.500. The largest absolute Gasteiger partial charge is 0.469 e. The van der Waals surface area contributed by atoms with E-state index in [2.05, 4.69) is 14.7 Å². The maximum absolute atomic E-state index is 11.5. The molecule has 0 aromatic heterocycles. The highest BCUT2D eigenvalue weighted by Crippen LogP contribution is 2.22. The lowest BCUT2D eigenvalue weighted by Crippen LogP contribution is -2.28. The van der Waals surface area contributed by atoms with E-state index in [-0.39, 0.29) is 17.5 Å². The van der Waals surface area contributed by atoms with Crippen molar-refractivity contribution < 1.29 is 14.3 Å². The highest BCUT2D eigenvalue weighted by atomic mass is 32.2. The van der Waals surface area contributed by atoms with Gasteiger partial charge in [0.2, 0.25) is 0 Å². The number of methoxy groups -OCH3 is 1. The van der Waals surface area contributed by atoms with Gasteiger partial charge in [0, 0.05) is 5.75 Å². The summed E-state index contributed by atoms with van der Waals surface area (Å²) in [4.78, 5) is 29.8. The van der Waals surface area contributed by atoms with Gasteiger partial charge in [0.1, 0.15) is 0 Å². The summed E-state index contributed by atoms with van der Waals surface area (Å²) < 4.78 is 4.48. The maximum Gasteiger partial charge on any atom is 0.306 e. The maximum atomic E-state index is 11.5. The van der Waals surface area contributed by atoms with Gasteiger partial charge in [-0.2, -0.15) is 9.98 Å². The minimum absolute atomic E-state index is 0.0287. The molecule has 0 fully saturated rings. The molecule has 8 heteroatoms. The number of thioether (sulfide) groups is 1. The zero-order valence-electron chi connectivity index (χ0n) is 8.67. The minimum Gasteiger partial charge on any atom is -0.469 e. The molecule has 1 heterocycles. The number of rotatable bonds is 2. The molecular formula is C8H12N4O3S. The summed E-state index contributed by atoms with van der Waals surface area (Å²) in [5.74, 6) is -1.02. The Balaban J connectivity index is 2.65. The number of amides is 1. The number of guanidine groups is 1. The van der Waals surface area contributed by atoms with Gasteiger partial charge in [0.25, 0.3) is 5.91 Å². The summed E-state index contributed by atoms with van der Waals surface area (Å²) in [5, 5.41) is 0.228. The lowest BCUT2D eigenvalue weighted by atomic mass is 10.1. The van der Waals surface area contributed by atoms with Crippen LogP contribution >= 0.6 is 11.8 Å². The topological polar surface area (TPSA) is 120 Å². The van der Waals surface area contributed by atoms with Crippen molar-refractivity contribution in [2.45, 2.75) is 6.42 Å². The van der Waals surface area contributed by atoms with Crippen LogP contribution in [0.4, 0.5) is 0 Å². The van der Waals surface area contributed by atoms with Crippen LogP contribution in [0.1, 0.15) is 6.42 Å². The molecule has 0 aromatic carbocycles. The molecule has 16 heavy (non-hydrogen) atoms. The lowest BCUT2D eigenvalue weighted by molar-refractivity contribution is -0.143. The standard InChI is InChI=1S/C8H12N4O3S/c1-15-5(13)2-4-3-16-8(11-6(4)14)12-7(9)10/h4H,2-3H2,1H3,(H4,9,10,11,12,14)/t4-/m0/s1. The van der Waals surface area contributed by atoms with Crippen molar-refractivity contribution in [2.75, 3.05) is 12.9 Å². The molecule has 1 aliphatic rings. The highest BCUT2D eigenvalue weighted by Gasteiger charge is 2.27. The van der Waals surface area contributed by atoms with Gasteiger partial charge in [-0.05, 0) is 0 Å². The van der Waals surface area contributed by atoms with Gasteiger partial charge in [-0.25, -0.2) is 0 Å². The zero-order valence-corrected chi connectivity index (χ0v) is 9.49. The van der Waals surface area contributed by atoms with Gasteiger partial charge < -0.3 is 16.2 Å². The number of nitrogens with two attached hydrogens (primary N) is 2. The molecular weight excluding hydrogens is 232 g/mol. The first-order chi connectivity index (χ1) is 7.52. The van der Waals surface area contributed by atoms with Crippen molar-refractivity contribution >= 4 is 34.8 Å². The van der Waals surface area contributed by atoms with Crippen molar-refractivity contribution in [3.05, 3.63) is 0 Å². The van der Waals surface area contributed by atoms with E-state index in [0.717, 1.165) is 0 Å². The summed E-state index contributed by atoms with van der Waals surface area (Å²) in [6, 6.07) is 0. The van der Waals surface area contributed by atoms with E-state index < -0.39 is 17.8 Å². The monoisotopic (exact) mass is 244 g/mol. The minimum atomic E-state index is -0.463. The normalized spacial score (nSPS) is 19.9. The van der Waals surface area contributed by atoms with E-state index in [0.29, 0.717) is 5.75 Å². The van der Waals surface area contributed by atoms with E-state index in [1.165, 1.54) is 18.9 Å². The number of carbonyl (C=O) groups excluding carboxylic acids is 2. The lowest BCUT2D eigenvalue weighted by Gasteiger charge is -2.15. The van der Waals surface area contributed by atoms with Gasteiger partial charge in [-0.3, -0.25) is 9.59 Å². The quantitative estimate of drug-likeness (QED) is 0.368. The van der Waals surface area contributed by atoms with Crippen LogP contribution in [0.15, 0.2) is 9.98 Å². The summed E-state index contributed by atoms with van der Waals surface area (Å²) in [6.45, 7) is 0. The Labute approximate surface area is 96.3 Å². The number of nitrogens with zero attached hydrogens (tertiary/aromatic N) is 2. The van der Waals surface area contributed by atoms with Crippen molar-refractivity contribution in [1.29, 1.82) is 0 Å². The number of carbonyl (C=O) groups is 2. The average molecular weight is 244 g/mol. The molecule has 0 saturated heterocycles. The van der Waals surface area contributed by atoms with E-state index in [9.17, 15) is 9.59 Å². The Morgan fingerprint density at radius 3 is 2.88 bits per heavy atom. The fourth-order valence-corrected chi connectivity index (χ4v) is 2.00. The van der Waals surface area contributed by atoms with Gasteiger partial charge >= 0.3 is 5.97 Å². The Morgan fingerprint density at radius 2 is 2.38 bits per heavy atom. The van der Waals surface area contributed by atoms with E-state index in [4.69, 9.17) is 11.5 Å². The second-order valence-electron chi connectivity index (χ2n) is 3.06. The Morgan fingerprint density at radius 1 is 1.69 bits per heavy atom. The van der Waals surface area contributed by atoms with E-state index in [1.807, 2.05) is 0 Å². The van der Waals surface area contributed by atoms with Crippen LogP contribution in [0, 0.1) is 5.92 Å². The number of hydrogen-bond acceptors (Lipinski definition) is 5. The number of aliphatic imine (C=N–C) groups is 2. The SMILES string of the molecule is COC(=O)C[C@H]1CSC(N=C(N)N)=NC1=O. The summed E-state index contributed by atoms with van der Waals surface area (Å²) >= 11 is 1.23. The van der Waals surface area contributed by atoms with Gasteiger partial charge in [-0.15, -0.1) is 0 Å². The third kappa shape index (κ3) is 3.54. The van der Waals surface area contributed by atoms with Crippen LogP contribution in [-0.2, 0) is 14.3 Å². The van der Waals surface area contributed by atoms with E-state index >= 15 is 0 Å². The second kappa shape index (κ2) is 5.50. The first-order valence-electron chi connectivity index (χ1n) is 4.44. The molecule has 0 aromatic rings. The van der Waals surface area contributed by atoms with Crippen molar-refractivity contribution in [1.82, 2.24) is 0 Å². The van der Waals surface area contributed by atoms with Crippen molar-refractivity contribution in [3.63, 3.8) is 0 Å². The van der Waals surface area contributed by atoms with Crippen LogP contribution in [0.25, 0.3) is 0 Å². The smallest absolute Gasteiger partial charge is 0.306 e. The molecule has 0 bridgehead atoms. The molecule has 0 radical (unpaired) electrons. The molecule has 0 spiro atoms. The van der Waals surface area contributed by atoms with Crippen LogP contribution in [0.3, 0.4) is 0 Å². The molecule has 0 aliphatic carbocycles. The molecule has 7 nitrogen and oxygen atoms in total. The molecule has 4 N–H and O–H groups in total. The molecule has 0 saturated carbocycles. The number of amidine groups is 1. The third-order valence-corrected chi connectivity index (χ3v) is 2.84. The number of hydrogen-bond donors (Lipinski definition) is 2. The first-order valence-corrected chi connectivity index (χ1v) is 5.43. The highest BCUT2D eigenvalue weighted by molar-refractivity contribution is 8.14. The van der Waals surface area contributed by atoms with Crippen LogP contribution in [0.2, 0.25) is 0 Å². The van der Waals surface area contributed by atoms with Crippen molar-refractivity contribution in [2.24, 2.45) is 27.4 Å². The van der Waals surface area contributed by atoms with Crippen LogP contribution in [-0.4, -0.2) is 35.9 Å².